The predicted molar refractivity (Wildman–Crippen MR) is 49.9 cm³/mol. The second kappa shape index (κ2) is 3.00. The van der Waals surface area contributed by atoms with Crippen LogP contribution in [0.1, 0.15) is 20.3 Å². The molecular formula is C8H17NO2S. The lowest BCUT2D eigenvalue weighted by Gasteiger charge is -2.25. The largest absolute Gasteiger partial charge is 0.319 e. The normalized spacial score (nSPS) is 32.1. The highest BCUT2D eigenvalue weighted by Crippen LogP contribution is 2.36. The van der Waals surface area contributed by atoms with Crippen LogP contribution in [-0.2, 0) is 9.84 Å². The first kappa shape index (κ1) is 9.99. The molecule has 0 aromatic heterocycles. The van der Waals surface area contributed by atoms with E-state index in [1.54, 1.807) is 0 Å². The van der Waals surface area contributed by atoms with E-state index in [4.69, 9.17) is 0 Å². The van der Waals surface area contributed by atoms with E-state index in [1.807, 2.05) is 20.9 Å². The van der Waals surface area contributed by atoms with Gasteiger partial charge in [0.25, 0.3) is 0 Å². The van der Waals surface area contributed by atoms with Crippen LogP contribution in [0.5, 0.6) is 0 Å². The minimum atomic E-state index is -2.84. The second-order valence-electron chi connectivity index (χ2n) is 3.97. The molecule has 0 spiro atoms. The monoisotopic (exact) mass is 191 g/mol. The summed E-state index contributed by atoms with van der Waals surface area (Å²) in [7, 11) is -0.974. The number of sulfone groups is 1. The third-order valence-corrected chi connectivity index (χ3v) is 5.68. The van der Waals surface area contributed by atoms with E-state index >= 15 is 0 Å². The molecule has 1 aliphatic rings. The fourth-order valence-electron chi connectivity index (χ4n) is 1.76. The first-order valence-corrected chi connectivity index (χ1v) is 5.94. The molecular weight excluding hydrogens is 174 g/mol. The zero-order valence-corrected chi connectivity index (χ0v) is 8.74. The predicted octanol–water partition coefficient (Wildman–Crippen LogP) is 0.419. The molecule has 0 amide bonds. The quantitative estimate of drug-likeness (QED) is 0.688. The molecule has 1 fully saturated rings. The topological polar surface area (TPSA) is 46.2 Å². The van der Waals surface area contributed by atoms with Gasteiger partial charge in [-0.05, 0) is 39.8 Å². The van der Waals surface area contributed by atoms with Crippen LogP contribution in [0.2, 0.25) is 0 Å². The Morgan fingerprint density at radius 1 is 1.50 bits per heavy atom. The molecule has 1 unspecified atom stereocenters. The summed E-state index contributed by atoms with van der Waals surface area (Å²) in [5.41, 5.74) is 0. The fourth-order valence-corrected chi connectivity index (χ4v) is 3.59. The fraction of sp³-hybridized carbons (Fsp3) is 1.00. The van der Waals surface area contributed by atoms with Crippen molar-refractivity contribution in [2.45, 2.75) is 25.0 Å². The van der Waals surface area contributed by atoms with Crippen molar-refractivity contribution in [2.24, 2.45) is 5.92 Å². The van der Waals surface area contributed by atoms with Crippen molar-refractivity contribution in [1.29, 1.82) is 0 Å². The summed E-state index contributed by atoms with van der Waals surface area (Å²) >= 11 is 0. The zero-order chi connectivity index (χ0) is 9.41. The maximum absolute atomic E-state index is 11.5. The second-order valence-corrected chi connectivity index (χ2v) is 6.66. The molecule has 0 saturated carbocycles. The van der Waals surface area contributed by atoms with Crippen molar-refractivity contribution in [1.82, 2.24) is 5.32 Å². The lowest BCUT2D eigenvalue weighted by Crippen LogP contribution is -2.38. The highest BCUT2D eigenvalue weighted by Gasteiger charge is 2.46. The van der Waals surface area contributed by atoms with Gasteiger partial charge in [0.1, 0.15) is 0 Å². The van der Waals surface area contributed by atoms with E-state index in [9.17, 15) is 8.42 Å². The van der Waals surface area contributed by atoms with Crippen LogP contribution < -0.4 is 5.32 Å². The van der Waals surface area contributed by atoms with E-state index in [1.165, 1.54) is 0 Å². The average Bonchev–Trinajstić information content (AvgIpc) is 2.13. The first-order valence-electron chi connectivity index (χ1n) is 4.28. The average molecular weight is 191 g/mol. The molecule has 0 bridgehead atoms. The SMILES string of the molecule is CNCC1CCS(=O)(=O)C1(C)C. The van der Waals surface area contributed by atoms with E-state index < -0.39 is 14.6 Å². The van der Waals surface area contributed by atoms with Gasteiger partial charge >= 0.3 is 0 Å². The van der Waals surface area contributed by atoms with Gasteiger partial charge in [0, 0.05) is 0 Å². The van der Waals surface area contributed by atoms with E-state index in [0.29, 0.717) is 5.75 Å². The molecule has 0 aromatic rings. The Hall–Kier alpha value is -0.0900. The highest BCUT2D eigenvalue weighted by atomic mass is 32.2. The van der Waals surface area contributed by atoms with Crippen LogP contribution in [0.4, 0.5) is 0 Å². The van der Waals surface area contributed by atoms with Crippen LogP contribution in [0.15, 0.2) is 0 Å². The van der Waals surface area contributed by atoms with Crippen LogP contribution in [0.3, 0.4) is 0 Å². The molecule has 0 radical (unpaired) electrons. The number of hydrogen-bond donors (Lipinski definition) is 1. The van der Waals surface area contributed by atoms with Crippen LogP contribution in [0.25, 0.3) is 0 Å². The number of rotatable bonds is 2. The Morgan fingerprint density at radius 2 is 2.08 bits per heavy atom. The standard InChI is InChI=1S/C8H17NO2S/c1-8(2)7(6-9-3)4-5-12(8,10)11/h7,9H,4-6H2,1-3H3. The Kier molecular flexibility index (Phi) is 2.50. The van der Waals surface area contributed by atoms with E-state index in [-0.39, 0.29) is 5.92 Å². The highest BCUT2D eigenvalue weighted by molar-refractivity contribution is 7.93. The van der Waals surface area contributed by atoms with Gasteiger partial charge in [0.05, 0.1) is 10.5 Å². The summed E-state index contributed by atoms with van der Waals surface area (Å²) in [6, 6.07) is 0. The van der Waals surface area contributed by atoms with E-state index in [2.05, 4.69) is 5.32 Å². The van der Waals surface area contributed by atoms with Gasteiger partial charge < -0.3 is 5.32 Å². The first-order chi connectivity index (χ1) is 5.42. The third kappa shape index (κ3) is 1.38. The van der Waals surface area contributed by atoms with Gasteiger partial charge in [-0.3, -0.25) is 0 Å². The summed E-state index contributed by atoms with van der Waals surface area (Å²) in [5, 5.41) is 3.04. The molecule has 4 heteroatoms. The van der Waals surface area contributed by atoms with Crippen molar-refractivity contribution >= 4 is 9.84 Å². The molecule has 3 nitrogen and oxygen atoms in total. The van der Waals surface area contributed by atoms with Gasteiger partial charge in [-0.2, -0.15) is 0 Å². The Bertz CT molecular complexity index is 256. The maximum Gasteiger partial charge on any atom is 0.155 e. The molecule has 72 valence electrons. The molecule has 0 aliphatic carbocycles. The van der Waals surface area contributed by atoms with Crippen LogP contribution in [-0.4, -0.2) is 32.5 Å². The zero-order valence-electron chi connectivity index (χ0n) is 7.92. The summed E-state index contributed by atoms with van der Waals surface area (Å²) in [6.07, 6.45) is 0.802. The van der Waals surface area contributed by atoms with Crippen molar-refractivity contribution < 1.29 is 8.42 Å². The van der Waals surface area contributed by atoms with Crippen LogP contribution >= 0.6 is 0 Å². The number of hydrogen-bond acceptors (Lipinski definition) is 3. The van der Waals surface area contributed by atoms with Crippen LogP contribution in [0, 0.1) is 5.92 Å². The third-order valence-electron chi connectivity index (χ3n) is 2.97. The van der Waals surface area contributed by atoms with Crippen molar-refractivity contribution in [3.8, 4) is 0 Å². The summed E-state index contributed by atoms with van der Waals surface area (Å²) in [5.74, 6) is 0.624. The van der Waals surface area contributed by atoms with E-state index in [0.717, 1.165) is 13.0 Å². The molecule has 0 aromatic carbocycles. The number of nitrogens with one attached hydrogen (secondary N) is 1. The lowest BCUT2D eigenvalue weighted by atomic mass is 9.93. The molecule has 1 atom stereocenters. The van der Waals surface area contributed by atoms with Crippen molar-refractivity contribution in [2.75, 3.05) is 19.3 Å². The Morgan fingerprint density at radius 3 is 2.42 bits per heavy atom. The van der Waals surface area contributed by atoms with Gasteiger partial charge in [-0.15, -0.1) is 0 Å². The van der Waals surface area contributed by atoms with Gasteiger partial charge in [-0.1, -0.05) is 0 Å². The minimum Gasteiger partial charge on any atom is -0.319 e. The van der Waals surface area contributed by atoms with Gasteiger partial charge in [0.15, 0.2) is 9.84 Å². The van der Waals surface area contributed by atoms with Crippen molar-refractivity contribution in [3.05, 3.63) is 0 Å². The molecule has 1 rings (SSSR count). The Labute approximate surface area is 74.5 Å². The molecule has 1 aliphatic heterocycles. The molecule has 1 heterocycles. The Balaban J connectivity index is 2.86. The lowest BCUT2D eigenvalue weighted by molar-refractivity contribution is 0.407. The molecule has 1 N–H and O–H groups in total. The minimum absolute atomic E-state index is 0.271. The van der Waals surface area contributed by atoms with Crippen molar-refractivity contribution in [3.63, 3.8) is 0 Å². The van der Waals surface area contributed by atoms with Gasteiger partial charge in [-0.25, -0.2) is 8.42 Å². The van der Waals surface area contributed by atoms with Gasteiger partial charge in [0.2, 0.25) is 0 Å². The summed E-state index contributed by atoms with van der Waals surface area (Å²) in [6.45, 7) is 4.46. The molecule has 12 heavy (non-hydrogen) atoms. The maximum atomic E-state index is 11.5. The summed E-state index contributed by atoms with van der Waals surface area (Å²) in [4.78, 5) is 0. The smallest absolute Gasteiger partial charge is 0.155 e. The summed E-state index contributed by atoms with van der Waals surface area (Å²) < 4.78 is 22.5. The molecule has 1 saturated heterocycles.